The molecule has 0 saturated carbocycles. The van der Waals surface area contributed by atoms with Crippen LogP contribution in [0.3, 0.4) is 0 Å². The number of aryl methyl sites for hydroxylation is 2. The molecule has 1 N–H and O–H groups in total. The number of piperidine rings is 1. The molecule has 6 rings (SSSR count). The van der Waals surface area contributed by atoms with Crippen LogP contribution in [0.5, 0.6) is 0 Å². The molecule has 0 aliphatic carbocycles. The van der Waals surface area contributed by atoms with E-state index in [4.69, 9.17) is 4.98 Å². The molecule has 2 aromatic carbocycles. The molecule has 2 saturated heterocycles. The topological polar surface area (TPSA) is 90.8 Å². The van der Waals surface area contributed by atoms with Gasteiger partial charge >= 0.3 is 6.03 Å². The van der Waals surface area contributed by atoms with Crippen molar-refractivity contribution >= 4 is 27.4 Å². The molecular weight excluding hydrogens is 548 g/mol. The molecule has 3 aliphatic rings. The van der Waals surface area contributed by atoms with Crippen LogP contribution in [-0.4, -0.2) is 71.2 Å². The number of aromatic nitrogens is 2. The van der Waals surface area contributed by atoms with Crippen LogP contribution in [0.15, 0.2) is 54.6 Å². The Hall–Kier alpha value is -3.21. The lowest BCUT2D eigenvalue weighted by molar-refractivity contribution is 0.104. The first-order chi connectivity index (χ1) is 20.2. The number of benzene rings is 2. The largest absolute Gasteiger partial charge is 0.329 e. The maximum absolute atomic E-state index is 13.4. The fourth-order valence-electron chi connectivity index (χ4n) is 7.30. The zero-order valence-electron chi connectivity index (χ0n) is 24.9. The second-order valence-corrected chi connectivity index (χ2v) is 14.1. The molecular formula is C32H42N6O3S. The van der Waals surface area contributed by atoms with Gasteiger partial charge in [-0.15, -0.1) is 0 Å². The summed E-state index contributed by atoms with van der Waals surface area (Å²) in [4.78, 5) is 22.7. The Morgan fingerprint density at radius 2 is 1.69 bits per heavy atom. The first-order valence-electron chi connectivity index (χ1n) is 15.1. The molecule has 4 heterocycles. The first-order valence-corrected chi connectivity index (χ1v) is 17.0. The van der Waals surface area contributed by atoms with E-state index in [1.165, 1.54) is 29.1 Å². The summed E-state index contributed by atoms with van der Waals surface area (Å²) in [6.07, 6.45) is 7.49. The number of carbonyl (C=O) groups is 1. The van der Waals surface area contributed by atoms with E-state index in [9.17, 15) is 13.2 Å². The highest BCUT2D eigenvalue weighted by atomic mass is 32.2. The van der Waals surface area contributed by atoms with Crippen LogP contribution in [0.1, 0.15) is 60.9 Å². The molecule has 0 unspecified atom stereocenters. The van der Waals surface area contributed by atoms with E-state index in [1.807, 2.05) is 66.4 Å². The van der Waals surface area contributed by atoms with Gasteiger partial charge in [0.05, 0.1) is 18.5 Å². The van der Waals surface area contributed by atoms with E-state index in [1.54, 1.807) is 0 Å². The van der Waals surface area contributed by atoms with Crippen molar-refractivity contribution in [2.24, 2.45) is 0 Å². The Morgan fingerprint density at radius 3 is 2.36 bits per heavy atom. The maximum Gasteiger partial charge on any atom is 0.326 e. The lowest BCUT2D eigenvalue weighted by Crippen LogP contribution is -2.45. The number of sulfonamides is 1. The number of para-hydroxylation sites is 1. The molecule has 224 valence electrons. The summed E-state index contributed by atoms with van der Waals surface area (Å²) in [7, 11) is -3.22. The highest BCUT2D eigenvalue weighted by Crippen LogP contribution is 2.42. The van der Waals surface area contributed by atoms with Gasteiger partial charge in [0.2, 0.25) is 10.0 Å². The predicted molar refractivity (Wildman–Crippen MR) is 166 cm³/mol. The smallest absolute Gasteiger partial charge is 0.326 e. The molecule has 2 amide bonds. The van der Waals surface area contributed by atoms with Gasteiger partial charge in [-0.1, -0.05) is 35.9 Å². The van der Waals surface area contributed by atoms with Crippen LogP contribution < -0.4 is 10.2 Å². The summed E-state index contributed by atoms with van der Waals surface area (Å²) < 4.78 is 28.2. The van der Waals surface area contributed by atoms with Gasteiger partial charge in [-0.3, -0.25) is 9.80 Å². The number of fused-ring (bicyclic) bond motifs is 3. The number of hydrogen-bond donors (Lipinski definition) is 1. The van der Waals surface area contributed by atoms with E-state index in [0.29, 0.717) is 37.8 Å². The highest BCUT2D eigenvalue weighted by molar-refractivity contribution is 7.88. The Balaban J connectivity index is 1.10. The number of carbonyl (C=O) groups excluding carboxylic acids is 1. The van der Waals surface area contributed by atoms with Crippen molar-refractivity contribution in [1.29, 1.82) is 0 Å². The van der Waals surface area contributed by atoms with Gasteiger partial charge in [0.1, 0.15) is 5.82 Å². The van der Waals surface area contributed by atoms with Crippen molar-refractivity contribution in [2.45, 2.75) is 77.0 Å². The minimum absolute atomic E-state index is 0.110. The highest BCUT2D eigenvalue weighted by Gasteiger charge is 2.42. The van der Waals surface area contributed by atoms with E-state index >= 15 is 0 Å². The SMILES string of the molecule is Cc1ccc(NC(=O)N(CCCN2[C@@H]3CC[C@@H]2CC(n2c(C)nc4c2CCN(S(C)(=O)=O)C4)C3)c2ccccc2)cc1. The summed E-state index contributed by atoms with van der Waals surface area (Å²) in [6, 6.07) is 19.1. The Labute approximate surface area is 249 Å². The standard InChI is InChI=1S/C32H42N6O3S/c1-23-10-12-25(13-11-23)34-32(39)37(26-8-5-4-6-9-26)18-7-17-36-27-14-15-28(36)21-29(20-27)38-24(2)33-30-22-35(42(3,40)41)19-16-31(30)38/h4-6,8-13,27-29H,7,14-22H2,1-3H3,(H,34,39)/t27-,28-/m1/s1. The fraction of sp³-hybridized carbons (Fsp3) is 0.500. The number of rotatable bonds is 8. The molecule has 0 radical (unpaired) electrons. The minimum atomic E-state index is -3.22. The fourth-order valence-corrected chi connectivity index (χ4v) is 8.08. The molecule has 9 nitrogen and oxygen atoms in total. The number of imidazole rings is 1. The molecule has 42 heavy (non-hydrogen) atoms. The van der Waals surface area contributed by atoms with Crippen LogP contribution in [0.4, 0.5) is 16.2 Å². The third kappa shape index (κ3) is 5.98. The van der Waals surface area contributed by atoms with Crippen LogP contribution in [-0.2, 0) is 23.0 Å². The van der Waals surface area contributed by atoms with Gasteiger partial charge < -0.3 is 9.88 Å². The number of urea groups is 1. The van der Waals surface area contributed by atoms with Crippen molar-refractivity contribution in [2.75, 3.05) is 36.1 Å². The molecule has 3 aromatic rings. The summed E-state index contributed by atoms with van der Waals surface area (Å²) in [5, 5.41) is 3.08. The van der Waals surface area contributed by atoms with E-state index in [2.05, 4.69) is 21.7 Å². The van der Waals surface area contributed by atoms with E-state index in [-0.39, 0.29) is 6.03 Å². The zero-order valence-corrected chi connectivity index (χ0v) is 25.7. The van der Waals surface area contributed by atoms with Gasteiger partial charge in [-0.05, 0) is 70.2 Å². The zero-order chi connectivity index (χ0) is 29.4. The van der Waals surface area contributed by atoms with Gasteiger partial charge in [0.25, 0.3) is 0 Å². The second-order valence-electron chi connectivity index (χ2n) is 12.2. The van der Waals surface area contributed by atoms with E-state index in [0.717, 1.165) is 60.7 Å². The van der Waals surface area contributed by atoms with Crippen molar-refractivity contribution < 1.29 is 13.2 Å². The summed E-state index contributed by atoms with van der Waals surface area (Å²) in [5.74, 6) is 1.01. The third-order valence-corrected chi connectivity index (χ3v) is 10.6. The summed E-state index contributed by atoms with van der Waals surface area (Å²) in [6.45, 7) is 6.62. The number of hydrogen-bond acceptors (Lipinski definition) is 5. The quantitative estimate of drug-likeness (QED) is 0.394. The van der Waals surface area contributed by atoms with Gasteiger partial charge in [0, 0.05) is 61.2 Å². The number of nitrogens with zero attached hydrogens (tertiary/aromatic N) is 5. The molecule has 3 aliphatic heterocycles. The molecule has 2 bridgehead atoms. The van der Waals surface area contributed by atoms with Gasteiger partial charge in [-0.2, -0.15) is 4.31 Å². The van der Waals surface area contributed by atoms with Crippen LogP contribution in [0.25, 0.3) is 0 Å². The maximum atomic E-state index is 13.4. The van der Waals surface area contributed by atoms with Crippen molar-refractivity contribution in [3.05, 3.63) is 77.4 Å². The summed E-state index contributed by atoms with van der Waals surface area (Å²) >= 11 is 0. The average Bonchev–Trinajstić information content (AvgIpc) is 3.41. The van der Waals surface area contributed by atoms with Crippen molar-refractivity contribution in [3.8, 4) is 0 Å². The van der Waals surface area contributed by atoms with Crippen molar-refractivity contribution in [1.82, 2.24) is 18.8 Å². The number of amides is 2. The lowest BCUT2D eigenvalue weighted by atomic mass is 9.96. The van der Waals surface area contributed by atoms with Gasteiger partial charge in [0.15, 0.2) is 0 Å². The number of nitrogens with one attached hydrogen (secondary N) is 1. The normalized spacial score (nSPS) is 22.6. The van der Waals surface area contributed by atoms with Crippen LogP contribution in [0, 0.1) is 13.8 Å². The van der Waals surface area contributed by atoms with Crippen LogP contribution in [0.2, 0.25) is 0 Å². The Bertz CT molecular complexity index is 1510. The summed E-state index contributed by atoms with van der Waals surface area (Å²) in [5.41, 5.74) is 5.01. The first kappa shape index (κ1) is 28.9. The second kappa shape index (κ2) is 11.8. The predicted octanol–water partition coefficient (Wildman–Crippen LogP) is 5.11. The van der Waals surface area contributed by atoms with Crippen LogP contribution >= 0.6 is 0 Å². The van der Waals surface area contributed by atoms with Gasteiger partial charge in [-0.25, -0.2) is 18.2 Å². The monoisotopic (exact) mass is 590 g/mol. The molecule has 1 aromatic heterocycles. The molecule has 2 fully saturated rings. The third-order valence-electron chi connectivity index (χ3n) is 9.30. The Kier molecular flexibility index (Phi) is 8.13. The molecule has 0 spiro atoms. The average molecular weight is 591 g/mol. The van der Waals surface area contributed by atoms with E-state index < -0.39 is 10.0 Å². The minimum Gasteiger partial charge on any atom is -0.329 e. The van der Waals surface area contributed by atoms with Crippen molar-refractivity contribution in [3.63, 3.8) is 0 Å². The lowest BCUT2D eigenvalue weighted by Gasteiger charge is -2.41. The molecule has 2 atom stereocenters. The molecule has 10 heteroatoms. The number of anilines is 2. The Morgan fingerprint density at radius 1 is 1.00 bits per heavy atom.